The Balaban J connectivity index is 2.44. The van der Waals surface area contributed by atoms with Gasteiger partial charge in [-0.15, -0.1) is 0 Å². The molecular weight excluding hydrogens is 322 g/mol. The van der Waals surface area contributed by atoms with Crippen molar-refractivity contribution in [2.24, 2.45) is 10.5 Å². The Morgan fingerprint density at radius 1 is 1.30 bits per heavy atom. The lowest BCUT2D eigenvalue weighted by atomic mass is 9.99. The predicted octanol–water partition coefficient (Wildman–Crippen LogP) is 2.33. The molecule has 2 amide bonds. The summed E-state index contributed by atoms with van der Waals surface area (Å²) in [6.45, 7) is 5.79. The molecule has 0 bridgehead atoms. The third kappa shape index (κ3) is 5.97. The van der Waals surface area contributed by atoms with E-state index >= 15 is 0 Å². The maximum Gasteiger partial charge on any atom is 0.259 e. The van der Waals surface area contributed by atoms with E-state index in [-0.39, 0.29) is 23.8 Å². The van der Waals surface area contributed by atoms with Crippen molar-refractivity contribution in [3.63, 3.8) is 0 Å². The van der Waals surface area contributed by atoms with Crippen molar-refractivity contribution in [1.82, 2.24) is 10.7 Å². The fourth-order valence-corrected chi connectivity index (χ4v) is 1.70. The van der Waals surface area contributed by atoms with E-state index in [0.717, 1.165) is 0 Å². The van der Waals surface area contributed by atoms with Crippen LogP contribution in [0, 0.1) is 5.41 Å². The van der Waals surface area contributed by atoms with E-state index in [4.69, 9.17) is 0 Å². The Morgan fingerprint density at radius 3 is 2.55 bits per heavy atom. The van der Waals surface area contributed by atoms with Gasteiger partial charge < -0.3 is 5.32 Å². The SMILES string of the molecule is CC(C)(C)/C=N/NC(=O)CNC(=O)c1ccccc1Br. The van der Waals surface area contributed by atoms with Crippen LogP contribution in [0.4, 0.5) is 0 Å². The lowest BCUT2D eigenvalue weighted by Crippen LogP contribution is -2.35. The van der Waals surface area contributed by atoms with Crippen LogP contribution in [0.25, 0.3) is 0 Å². The summed E-state index contributed by atoms with van der Waals surface area (Å²) in [5.74, 6) is -0.682. The average Bonchev–Trinajstić information content (AvgIpc) is 2.35. The van der Waals surface area contributed by atoms with Gasteiger partial charge in [-0.25, -0.2) is 5.43 Å². The van der Waals surface area contributed by atoms with Crippen LogP contribution in [-0.4, -0.2) is 24.6 Å². The van der Waals surface area contributed by atoms with Crippen molar-refractivity contribution in [3.05, 3.63) is 34.3 Å². The van der Waals surface area contributed by atoms with E-state index in [1.807, 2.05) is 26.8 Å². The van der Waals surface area contributed by atoms with Gasteiger partial charge in [-0.1, -0.05) is 32.9 Å². The van der Waals surface area contributed by atoms with Gasteiger partial charge in [0.15, 0.2) is 0 Å². The molecule has 0 spiro atoms. The predicted molar refractivity (Wildman–Crippen MR) is 82.6 cm³/mol. The van der Waals surface area contributed by atoms with Gasteiger partial charge >= 0.3 is 0 Å². The molecule has 0 atom stereocenters. The summed E-state index contributed by atoms with van der Waals surface area (Å²) in [5, 5.41) is 6.36. The number of hydrazone groups is 1. The number of amides is 2. The van der Waals surface area contributed by atoms with Crippen molar-refractivity contribution in [3.8, 4) is 0 Å². The molecule has 0 aliphatic carbocycles. The standard InChI is InChI=1S/C14H18BrN3O2/c1-14(2,3)9-17-18-12(19)8-16-13(20)10-6-4-5-7-11(10)15/h4-7,9H,8H2,1-3H3,(H,16,20)(H,18,19)/b17-9+. The van der Waals surface area contributed by atoms with Crippen LogP contribution in [0.1, 0.15) is 31.1 Å². The normalized spacial score (nSPS) is 11.4. The maximum absolute atomic E-state index is 11.8. The smallest absolute Gasteiger partial charge is 0.259 e. The molecule has 0 aliphatic heterocycles. The molecule has 0 fully saturated rings. The van der Waals surface area contributed by atoms with Crippen LogP contribution in [0.15, 0.2) is 33.8 Å². The van der Waals surface area contributed by atoms with Gasteiger partial charge in [0, 0.05) is 10.7 Å². The minimum absolute atomic E-state index is 0.106. The van der Waals surface area contributed by atoms with Crippen LogP contribution < -0.4 is 10.7 Å². The average molecular weight is 340 g/mol. The second kappa shape index (κ2) is 7.19. The lowest BCUT2D eigenvalue weighted by Gasteiger charge is -2.10. The zero-order chi connectivity index (χ0) is 15.2. The van der Waals surface area contributed by atoms with E-state index in [1.165, 1.54) is 0 Å². The van der Waals surface area contributed by atoms with Gasteiger partial charge in [-0.2, -0.15) is 5.10 Å². The van der Waals surface area contributed by atoms with E-state index in [1.54, 1.807) is 24.4 Å². The highest BCUT2D eigenvalue weighted by Crippen LogP contribution is 2.15. The van der Waals surface area contributed by atoms with Crippen LogP contribution >= 0.6 is 15.9 Å². The molecule has 0 aromatic heterocycles. The summed E-state index contributed by atoms with van der Waals surface area (Å²) in [6.07, 6.45) is 1.64. The number of halogens is 1. The molecule has 1 aromatic carbocycles. The zero-order valence-corrected chi connectivity index (χ0v) is 13.3. The second-order valence-electron chi connectivity index (χ2n) is 5.32. The number of carbonyl (C=O) groups excluding carboxylic acids is 2. The number of benzene rings is 1. The second-order valence-corrected chi connectivity index (χ2v) is 6.18. The van der Waals surface area contributed by atoms with Crippen molar-refractivity contribution >= 4 is 34.0 Å². The molecule has 0 radical (unpaired) electrons. The molecule has 0 aliphatic rings. The Bertz CT molecular complexity index is 521. The van der Waals surface area contributed by atoms with Crippen molar-refractivity contribution in [2.75, 3.05) is 6.54 Å². The Hall–Kier alpha value is -1.69. The molecule has 0 unspecified atom stereocenters. The fourth-order valence-electron chi connectivity index (χ4n) is 1.24. The molecule has 20 heavy (non-hydrogen) atoms. The number of carbonyl (C=O) groups is 2. The Labute approximate surface area is 127 Å². The molecular formula is C14H18BrN3O2. The fraction of sp³-hybridized carbons (Fsp3) is 0.357. The van der Waals surface area contributed by atoms with Gasteiger partial charge in [0.05, 0.1) is 12.1 Å². The third-order valence-corrected chi connectivity index (χ3v) is 2.86. The van der Waals surface area contributed by atoms with Crippen molar-refractivity contribution in [2.45, 2.75) is 20.8 Å². The molecule has 2 N–H and O–H groups in total. The summed E-state index contributed by atoms with van der Waals surface area (Å²) >= 11 is 3.28. The van der Waals surface area contributed by atoms with Gasteiger partial charge in [-0.05, 0) is 33.5 Å². The molecule has 0 saturated carbocycles. The Morgan fingerprint density at radius 2 is 1.95 bits per heavy atom. The van der Waals surface area contributed by atoms with E-state index in [9.17, 15) is 9.59 Å². The van der Waals surface area contributed by atoms with Gasteiger partial charge in [-0.3, -0.25) is 9.59 Å². The number of nitrogens with zero attached hydrogens (tertiary/aromatic N) is 1. The van der Waals surface area contributed by atoms with Crippen LogP contribution in [-0.2, 0) is 4.79 Å². The first kappa shape index (κ1) is 16.4. The lowest BCUT2D eigenvalue weighted by molar-refractivity contribution is -0.120. The van der Waals surface area contributed by atoms with E-state index < -0.39 is 0 Å². The van der Waals surface area contributed by atoms with Crippen molar-refractivity contribution in [1.29, 1.82) is 0 Å². The molecule has 5 nitrogen and oxygen atoms in total. The Kier molecular flexibility index (Phi) is 5.88. The van der Waals surface area contributed by atoms with Gasteiger partial charge in [0.2, 0.25) is 0 Å². The summed E-state index contributed by atoms with van der Waals surface area (Å²) in [7, 11) is 0. The quantitative estimate of drug-likeness (QED) is 0.652. The van der Waals surface area contributed by atoms with Crippen molar-refractivity contribution < 1.29 is 9.59 Å². The summed E-state index contributed by atoms with van der Waals surface area (Å²) in [4.78, 5) is 23.3. The summed E-state index contributed by atoms with van der Waals surface area (Å²) in [5.41, 5.74) is 2.74. The number of nitrogens with one attached hydrogen (secondary N) is 2. The molecule has 6 heteroatoms. The summed E-state index contributed by atoms with van der Waals surface area (Å²) < 4.78 is 0.684. The highest BCUT2D eigenvalue weighted by molar-refractivity contribution is 9.10. The van der Waals surface area contributed by atoms with Crippen LogP contribution in [0.2, 0.25) is 0 Å². The third-order valence-electron chi connectivity index (χ3n) is 2.17. The maximum atomic E-state index is 11.8. The summed E-state index contributed by atoms with van der Waals surface area (Å²) in [6, 6.07) is 7.01. The monoisotopic (exact) mass is 339 g/mol. The number of hydrogen-bond donors (Lipinski definition) is 2. The largest absolute Gasteiger partial charge is 0.343 e. The van der Waals surface area contributed by atoms with E-state index in [0.29, 0.717) is 10.0 Å². The molecule has 1 rings (SSSR count). The minimum Gasteiger partial charge on any atom is -0.343 e. The highest BCUT2D eigenvalue weighted by atomic mass is 79.9. The molecule has 0 saturated heterocycles. The first-order valence-corrected chi connectivity index (χ1v) is 6.95. The number of rotatable bonds is 4. The molecule has 108 valence electrons. The topological polar surface area (TPSA) is 70.6 Å². The minimum atomic E-state index is -0.370. The molecule has 0 heterocycles. The van der Waals surface area contributed by atoms with Gasteiger partial charge in [0.1, 0.15) is 0 Å². The first-order valence-electron chi connectivity index (χ1n) is 6.15. The van der Waals surface area contributed by atoms with Crippen LogP contribution in [0.3, 0.4) is 0 Å². The van der Waals surface area contributed by atoms with Crippen LogP contribution in [0.5, 0.6) is 0 Å². The highest BCUT2D eigenvalue weighted by Gasteiger charge is 2.10. The number of hydrogen-bond acceptors (Lipinski definition) is 3. The zero-order valence-electron chi connectivity index (χ0n) is 11.7. The van der Waals surface area contributed by atoms with Gasteiger partial charge in [0.25, 0.3) is 11.8 Å². The first-order chi connectivity index (χ1) is 9.29. The van der Waals surface area contributed by atoms with E-state index in [2.05, 4.69) is 31.8 Å². The molecule has 1 aromatic rings.